The van der Waals surface area contributed by atoms with Crippen molar-refractivity contribution < 1.29 is 13.5 Å². The highest BCUT2D eigenvalue weighted by Gasteiger charge is 2.22. The second kappa shape index (κ2) is 6.30. The van der Waals surface area contributed by atoms with E-state index in [4.69, 9.17) is 0 Å². The number of aliphatic hydroxyl groups excluding tert-OH is 1. The molecule has 2 heterocycles. The summed E-state index contributed by atoms with van der Waals surface area (Å²) in [6.45, 7) is 1.86. The smallest absolute Gasteiger partial charge is 0.153 e. The van der Waals surface area contributed by atoms with Crippen LogP contribution < -0.4 is 0 Å². The third-order valence-corrected chi connectivity index (χ3v) is 5.19. The Balaban J connectivity index is 1.99. The van der Waals surface area contributed by atoms with Gasteiger partial charge in [0.15, 0.2) is 9.84 Å². The fourth-order valence-electron chi connectivity index (χ4n) is 2.40. The first-order valence-electron chi connectivity index (χ1n) is 6.44. The van der Waals surface area contributed by atoms with E-state index < -0.39 is 9.84 Å². The summed E-state index contributed by atoms with van der Waals surface area (Å²) in [6, 6.07) is 0.216. The lowest BCUT2D eigenvalue weighted by atomic mass is 10.0. The van der Waals surface area contributed by atoms with E-state index in [1.165, 1.54) is 17.6 Å². The largest absolute Gasteiger partial charge is 0.395 e. The van der Waals surface area contributed by atoms with Crippen LogP contribution in [0.25, 0.3) is 0 Å². The molecule has 0 spiro atoms. The van der Waals surface area contributed by atoms with Crippen molar-refractivity contribution in [2.45, 2.75) is 37.6 Å². The molecule has 0 saturated carbocycles. The molecule has 1 aromatic rings. The van der Waals surface area contributed by atoms with Gasteiger partial charge in [-0.2, -0.15) is 0 Å². The molecule has 7 heteroatoms. The van der Waals surface area contributed by atoms with Gasteiger partial charge in [0.2, 0.25) is 0 Å². The molecule has 0 aromatic carbocycles. The summed E-state index contributed by atoms with van der Waals surface area (Å²) in [7, 11) is -3.02. The van der Waals surface area contributed by atoms with Crippen LogP contribution in [0.4, 0.5) is 0 Å². The number of rotatable bonds is 5. The van der Waals surface area contributed by atoms with Gasteiger partial charge in [0.25, 0.3) is 0 Å². The molecule has 108 valence electrons. The van der Waals surface area contributed by atoms with E-state index in [1.54, 1.807) is 0 Å². The molecule has 0 radical (unpaired) electrons. The number of nitrogens with zero attached hydrogens (tertiary/aromatic N) is 2. The molecular formula is C12H20N2O3S2. The van der Waals surface area contributed by atoms with Crippen LogP contribution in [0.5, 0.6) is 0 Å². The monoisotopic (exact) mass is 304 g/mol. The zero-order valence-electron chi connectivity index (χ0n) is 11.1. The first-order chi connectivity index (χ1) is 8.98. The lowest BCUT2D eigenvalue weighted by Crippen LogP contribution is -2.41. The van der Waals surface area contributed by atoms with Gasteiger partial charge in [-0.25, -0.2) is 13.4 Å². The quantitative estimate of drug-likeness (QED) is 0.880. The van der Waals surface area contributed by atoms with Crippen LogP contribution in [0.1, 0.15) is 30.0 Å². The minimum atomic E-state index is -3.02. The molecule has 0 aliphatic carbocycles. The molecule has 0 amide bonds. The van der Waals surface area contributed by atoms with Gasteiger partial charge in [-0.05, 0) is 19.4 Å². The molecular weight excluding hydrogens is 284 g/mol. The Bertz CT molecular complexity index is 513. The highest BCUT2D eigenvalue weighted by atomic mass is 32.2. The fourth-order valence-corrected chi connectivity index (χ4v) is 4.39. The number of aromatic nitrogens is 1. The fraction of sp³-hybridized carbons (Fsp3) is 0.750. The summed E-state index contributed by atoms with van der Waals surface area (Å²) in [5, 5.41) is 11.9. The second-order valence-electron chi connectivity index (χ2n) is 5.11. The van der Waals surface area contributed by atoms with Crippen molar-refractivity contribution in [2.24, 2.45) is 0 Å². The molecule has 0 bridgehead atoms. The maximum absolute atomic E-state index is 11.2. The maximum atomic E-state index is 11.2. The molecule has 2 rings (SSSR count). The number of thiazole rings is 1. The van der Waals surface area contributed by atoms with Crippen molar-refractivity contribution in [1.82, 2.24) is 9.88 Å². The molecule has 1 aliphatic heterocycles. The van der Waals surface area contributed by atoms with Gasteiger partial charge in [0, 0.05) is 24.2 Å². The van der Waals surface area contributed by atoms with E-state index in [2.05, 4.69) is 9.88 Å². The van der Waals surface area contributed by atoms with Crippen molar-refractivity contribution in [3.05, 3.63) is 16.1 Å². The maximum Gasteiger partial charge on any atom is 0.153 e. The first kappa shape index (κ1) is 14.9. The number of piperidine rings is 1. The van der Waals surface area contributed by atoms with Crippen molar-refractivity contribution in [2.75, 3.05) is 19.4 Å². The summed E-state index contributed by atoms with van der Waals surface area (Å²) in [6.07, 6.45) is 4.56. The Labute approximate surface area is 118 Å². The average molecular weight is 304 g/mol. The summed E-state index contributed by atoms with van der Waals surface area (Å²) in [4.78, 5) is 6.61. The standard InChI is InChI=1S/C12H20N2O3S2/c1-19(16,17)9-12-13-10(8-18-12)6-14-5-3-2-4-11(14)7-15/h8,11,15H,2-7,9H2,1H3. The Hall–Kier alpha value is -0.500. The molecule has 1 aromatic heterocycles. The number of likely N-dealkylation sites (tertiary alicyclic amines) is 1. The van der Waals surface area contributed by atoms with Crippen LogP contribution in [0.15, 0.2) is 5.38 Å². The van der Waals surface area contributed by atoms with Crippen LogP contribution in [0.2, 0.25) is 0 Å². The Morgan fingerprint density at radius 3 is 3.00 bits per heavy atom. The van der Waals surface area contributed by atoms with Crippen molar-refractivity contribution in [3.63, 3.8) is 0 Å². The second-order valence-corrected chi connectivity index (χ2v) is 8.19. The van der Waals surface area contributed by atoms with E-state index in [0.717, 1.165) is 31.5 Å². The first-order valence-corrected chi connectivity index (χ1v) is 9.38. The number of hydrogen-bond acceptors (Lipinski definition) is 6. The zero-order chi connectivity index (χ0) is 13.9. The predicted molar refractivity (Wildman–Crippen MR) is 75.8 cm³/mol. The van der Waals surface area contributed by atoms with E-state index in [9.17, 15) is 13.5 Å². The predicted octanol–water partition coefficient (Wildman–Crippen LogP) is 1.03. The minimum Gasteiger partial charge on any atom is -0.395 e. The molecule has 5 nitrogen and oxygen atoms in total. The van der Waals surface area contributed by atoms with E-state index >= 15 is 0 Å². The highest BCUT2D eigenvalue weighted by molar-refractivity contribution is 7.90. The lowest BCUT2D eigenvalue weighted by molar-refractivity contribution is 0.0832. The van der Waals surface area contributed by atoms with Crippen molar-refractivity contribution in [1.29, 1.82) is 0 Å². The van der Waals surface area contributed by atoms with Gasteiger partial charge in [-0.15, -0.1) is 11.3 Å². The number of sulfone groups is 1. The summed E-state index contributed by atoms with van der Waals surface area (Å²) < 4.78 is 22.4. The molecule has 19 heavy (non-hydrogen) atoms. The van der Waals surface area contributed by atoms with Gasteiger partial charge in [0.05, 0.1) is 12.3 Å². The van der Waals surface area contributed by atoms with E-state index in [-0.39, 0.29) is 18.4 Å². The summed E-state index contributed by atoms with van der Waals surface area (Å²) in [5.74, 6) is 0.0150. The van der Waals surface area contributed by atoms with Gasteiger partial charge in [0.1, 0.15) is 10.8 Å². The Kier molecular flexibility index (Phi) is 4.94. The number of aliphatic hydroxyl groups is 1. The van der Waals surface area contributed by atoms with Crippen LogP contribution in [-0.4, -0.2) is 48.9 Å². The highest BCUT2D eigenvalue weighted by Crippen LogP contribution is 2.20. The average Bonchev–Trinajstić information content (AvgIpc) is 2.75. The lowest BCUT2D eigenvalue weighted by Gasteiger charge is -2.33. The number of hydrogen-bond donors (Lipinski definition) is 1. The van der Waals surface area contributed by atoms with Crippen LogP contribution in [0.3, 0.4) is 0 Å². The van der Waals surface area contributed by atoms with Gasteiger partial charge < -0.3 is 5.11 Å². The molecule has 1 unspecified atom stereocenters. The Morgan fingerprint density at radius 2 is 2.32 bits per heavy atom. The Morgan fingerprint density at radius 1 is 1.53 bits per heavy atom. The molecule has 1 atom stereocenters. The normalized spacial score (nSPS) is 21.7. The van der Waals surface area contributed by atoms with E-state index in [1.807, 2.05) is 5.38 Å². The summed E-state index contributed by atoms with van der Waals surface area (Å²) >= 11 is 1.39. The van der Waals surface area contributed by atoms with Gasteiger partial charge in [-0.3, -0.25) is 4.90 Å². The molecule has 1 N–H and O–H groups in total. The van der Waals surface area contributed by atoms with E-state index in [0.29, 0.717) is 11.6 Å². The summed E-state index contributed by atoms with van der Waals surface area (Å²) in [5.41, 5.74) is 0.906. The van der Waals surface area contributed by atoms with Crippen molar-refractivity contribution in [3.8, 4) is 0 Å². The van der Waals surface area contributed by atoms with Crippen LogP contribution in [0, 0.1) is 0 Å². The van der Waals surface area contributed by atoms with Gasteiger partial charge >= 0.3 is 0 Å². The molecule has 1 aliphatic rings. The molecule has 1 fully saturated rings. The SMILES string of the molecule is CS(=O)(=O)Cc1nc(CN2CCCCC2CO)cs1. The third kappa shape index (κ3) is 4.52. The third-order valence-electron chi connectivity index (χ3n) is 3.31. The molecule has 1 saturated heterocycles. The topological polar surface area (TPSA) is 70.5 Å². The van der Waals surface area contributed by atoms with Crippen LogP contribution in [-0.2, 0) is 22.1 Å². The van der Waals surface area contributed by atoms with Gasteiger partial charge in [-0.1, -0.05) is 6.42 Å². The zero-order valence-corrected chi connectivity index (χ0v) is 12.7. The van der Waals surface area contributed by atoms with Crippen LogP contribution >= 0.6 is 11.3 Å². The van der Waals surface area contributed by atoms with Crippen molar-refractivity contribution >= 4 is 21.2 Å². The minimum absolute atomic E-state index is 0.0150.